The van der Waals surface area contributed by atoms with E-state index in [0.717, 1.165) is 40.7 Å². The van der Waals surface area contributed by atoms with Crippen LogP contribution in [0.3, 0.4) is 0 Å². The van der Waals surface area contributed by atoms with E-state index in [1.54, 1.807) is 35.1 Å². The van der Waals surface area contributed by atoms with Gasteiger partial charge in [0.2, 0.25) is 11.8 Å². The van der Waals surface area contributed by atoms with Crippen molar-refractivity contribution in [1.29, 1.82) is 0 Å². The molecular weight excluding hydrogens is 444 g/mol. The topological polar surface area (TPSA) is 111 Å². The molecular formula is C26H26N6O3. The van der Waals surface area contributed by atoms with Crippen LogP contribution in [0, 0.1) is 13.8 Å². The zero-order valence-electron chi connectivity index (χ0n) is 19.8. The summed E-state index contributed by atoms with van der Waals surface area (Å²) in [6.45, 7) is 5.18. The van der Waals surface area contributed by atoms with Crippen LogP contribution in [0.25, 0.3) is 16.6 Å². The quantitative estimate of drug-likeness (QED) is 0.447. The van der Waals surface area contributed by atoms with Crippen molar-refractivity contribution in [2.45, 2.75) is 46.1 Å². The normalized spacial score (nSPS) is 13.1. The number of rotatable bonds is 6. The lowest BCUT2D eigenvalue weighted by molar-refractivity contribution is -0.117. The summed E-state index contributed by atoms with van der Waals surface area (Å²) in [6, 6.07) is 12.8. The van der Waals surface area contributed by atoms with E-state index in [0.29, 0.717) is 16.9 Å². The first-order valence-corrected chi connectivity index (χ1v) is 11.5. The molecule has 0 unspecified atom stereocenters. The van der Waals surface area contributed by atoms with Crippen molar-refractivity contribution in [2.24, 2.45) is 0 Å². The highest BCUT2D eigenvalue weighted by molar-refractivity contribution is 5.93. The molecule has 0 bridgehead atoms. The minimum Gasteiger partial charge on any atom is -0.326 e. The Morgan fingerprint density at radius 2 is 1.80 bits per heavy atom. The Hall–Kier alpha value is -4.27. The molecule has 2 amide bonds. The van der Waals surface area contributed by atoms with Crippen molar-refractivity contribution in [3.63, 3.8) is 0 Å². The maximum atomic E-state index is 13.5. The van der Waals surface area contributed by atoms with E-state index in [1.165, 1.54) is 11.6 Å². The Labute approximate surface area is 201 Å². The number of amides is 2. The van der Waals surface area contributed by atoms with E-state index in [4.69, 9.17) is 0 Å². The van der Waals surface area contributed by atoms with Gasteiger partial charge in [-0.2, -0.15) is 10.2 Å². The van der Waals surface area contributed by atoms with Gasteiger partial charge in [0, 0.05) is 29.6 Å². The molecule has 0 radical (unpaired) electrons. The highest BCUT2D eigenvalue weighted by atomic mass is 16.2. The van der Waals surface area contributed by atoms with Gasteiger partial charge in [-0.25, -0.2) is 9.36 Å². The molecule has 2 N–H and O–H groups in total. The first-order valence-electron chi connectivity index (χ1n) is 11.5. The predicted octanol–water partition coefficient (Wildman–Crippen LogP) is 3.67. The average Bonchev–Trinajstić information content (AvgIpc) is 3.54. The molecule has 1 aliphatic rings. The van der Waals surface area contributed by atoms with Crippen LogP contribution in [0.2, 0.25) is 0 Å². The Morgan fingerprint density at radius 3 is 2.49 bits per heavy atom. The van der Waals surface area contributed by atoms with Gasteiger partial charge in [-0.1, -0.05) is 23.8 Å². The fourth-order valence-corrected chi connectivity index (χ4v) is 4.30. The Balaban J connectivity index is 1.51. The van der Waals surface area contributed by atoms with Gasteiger partial charge in [-0.15, -0.1) is 0 Å². The summed E-state index contributed by atoms with van der Waals surface area (Å²) < 4.78 is 2.88. The van der Waals surface area contributed by atoms with Gasteiger partial charge < -0.3 is 10.6 Å². The fourth-order valence-electron chi connectivity index (χ4n) is 4.30. The van der Waals surface area contributed by atoms with Gasteiger partial charge in [-0.05, 0) is 56.5 Å². The molecule has 1 saturated carbocycles. The lowest BCUT2D eigenvalue weighted by Crippen LogP contribution is -2.31. The number of aromatic nitrogens is 4. The van der Waals surface area contributed by atoms with Crippen LogP contribution in [-0.4, -0.2) is 31.4 Å². The van der Waals surface area contributed by atoms with Crippen LogP contribution in [0.5, 0.6) is 0 Å². The molecule has 4 aromatic rings. The number of hydrogen-bond acceptors (Lipinski definition) is 5. The smallest absolute Gasteiger partial charge is 0.293 e. The highest BCUT2D eigenvalue weighted by Gasteiger charge is 2.30. The number of nitrogens with one attached hydrogen (secondary N) is 2. The average molecular weight is 471 g/mol. The van der Waals surface area contributed by atoms with Gasteiger partial charge >= 0.3 is 0 Å². The summed E-state index contributed by atoms with van der Waals surface area (Å²) >= 11 is 0. The zero-order valence-corrected chi connectivity index (χ0v) is 19.8. The van der Waals surface area contributed by atoms with Crippen LogP contribution in [0.15, 0.2) is 53.5 Å². The van der Waals surface area contributed by atoms with E-state index >= 15 is 0 Å². The number of carbonyl (C=O) groups is 2. The maximum Gasteiger partial charge on any atom is 0.293 e. The summed E-state index contributed by atoms with van der Waals surface area (Å²) in [7, 11) is 0. The largest absolute Gasteiger partial charge is 0.326 e. The second-order valence-electron chi connectivity index (χ2n) is 9.04. The Bertz CT molecular complexity index is 1530. The molecule has 35 heavy (non-hydrogen) atoms. The third-order valence-electron chi connectivity index (χ3n) is 6.02. The first-order chi connectivity index (χ1) is 16.8. The van der Waals surface area contributed by atoms with Gasteiger partial charge in [0.25, 0.3) is 5.56 Å². The van der Waals surface area contributed by atoms with Crippen molar-refractivity contribution >= 4 is 34.1 Å². The van der Waals surface area contributed by atoms with Crippen molar-refractivity contribution in [3.8, 4) is 5.69 Å². The van der Waals surface area contributed by atoms with E-state index in [9.17, 15) is 14.4 Å². The van der Waals surface area contributed by atoms with E-state index in [-0.39, 0.29) is 23.9 Å². The van der Waals surface area contributed by atoms with Gasteiger partial charge in [0.1, 0.15) is 12.1 Å². The molecule has 9 heteroatoms. The second kappa shape index (κ2) is 8.83. The van der Waals surface area contributed by atoms with Gasteiger partial charge in [-0.3, -0.25) is 14.4 Å². The SMILES string of the molecule is CC(=O)Nc1cccc(NC(=O)Cn2nc(C3CC3)c3cnn(-c4ccc(C)cc4C)c3c2=O)c1. The fraction of sp³-hybridized carbons (Fsp3) is 0.269. The Kier molecular flexibility index (Phi) is 5.68. The number of anilines is 2. The van der Waals surface area contributed by atoms with E-state index in [2.05, 4.69) is 20.8 Å². The third kappa shape index (κ3) is 4.57. The van der Waals surface area contributed by atoms with Gasteiger partial charge in [0.15, 0.2) is 0 Å². The highest BCUT2D eigenvalue weighted by Crippen LogP contribution is 2.41. The lowest BCUT2D eigenvalue weighted by atomic mass is 10.1. The van der Waals surface area contributed by atoms with Gasteiger partial charge in [0.05, 0.1) is 17.6 Å². The number of fused-ring (bicyclic) bond motifs is 1. The minimum atomic E-state index is -0.391. The summed E-state index contributed by atoms with van der Waals surface area (Å²) in [5.41, 5.74) is 4.89. The molecule has 0 saturated heterocycles. The molecule has 178 valence electrons. The molecule has 0 aliphatic heterocycles. The summed E-state index contributed by atoms with van der Waals surface area (Å²) in [5.74, 6) is -0.331. The van der Waals surface area contributed by atoms with Crippen LogP contribution < -0.4 is 16.2 Å². The van der Waals surface area contributed by atoms with E-state index in [1.807, 2.05) is 32.0 Å². The lowest BCUT2D eigenvalue weighted by Gasteiger charge is -2.12. The molecule has 2 aromatic heterocycles. The minimum absolute atomic E-state index is 0.203. The van der Waals surface area contributed by atoms with Crippen molar-refractivity contribution in [1.82, 2.24) is 19.6 Å². The molecule has 0 atom stereocenters. The Morgan fingerprint density at radius 1 is 1.06 bits per heavy atom. The van der Waals surface area contributed by atoms with Crippen LogP contribution in [-0.2, 0) is 16.1 Å². The van der Waals surface area contributed by atoms with Crippen molar-refractivity contribution in [3.05, 3.63) is 75.8 Å². The molecule has 1 aliphatic carbocycles. The first kappa shape index (κ1) is 22.5. The monoisotopic (exact) mass is 470 g/mol. The molecule has 0 spiro atoms. The number of aryl methyl sites for hydroxylation is 2. The van der Waals surface area contributed by atoms with Crippen molar-refractivity contribution < 1.29 is 9.59 Å². The number of hydrogen-bond donors (Lipinski definition) is 2. The van der Waals surface area contributed by atoms with Crippen LogP contribution >= 0.6 is 0 Å². The van der Waals surface area contributed by atoms with Crippen molar-refractivity contribution in [2.75, 3.05) is 10.6 Å². The third-order valence-corrected chi connectivity index (χ3v) is 6.02. The van der Waals surface area contributed by atoms with Crippen LogP contribution in [0.1, 0.15) is 42.5 Å². The molecule has 2 aromatic carbocycles. The summed E-state index contributed by atoms with van der Waals surface area (Å²) in [4.78, 5) is 37.7. The number of nitrogens with zero attached hydrogens (tertiary/aromatic N) is 4. The van der Waals surface area contributed by atoms with Crippen LogP contribution in [0.4, 0.5) is 11.4 Å². The standard InChI is InChI=1S/C26H26N6O3/c1-15-7-10-22(16(2)11-15)32-25-21(13-27-32)24(18-8-9-18)30-31(26(25)35)14-23(34)29-20-6-4-5-19(12-20)28-17(3)33/h4-7,10-13,18H,8-9,14H2,1-3H3,(H,28,33)(H,29,34). The molecule has 1 fully saturated rings. The summed E-state index contributed by atoms with van der Waals surface area (Å²) in [6.07, 6.45) is 3.70. The summed E-state index contributed by atoms with van der Waals surface area (Å²) in [5, 5.41) is 15.3. The number of benzene rings is 2. The molecule has 5 rings (SSSR count). The zero-order chi connectivity index (χ0) is 24.7. The molecule has 9 nitrogen and oxygen atoms in total. The number of carbonyl (C=O) groups excluding carboxylic acids is 2. The maximum absolute atomic E-state index is 13.5. The second-order valence-corrected chi connectivity index (χ2v) is 9.04. The predicted molar refractivity (Wildman–Crippen MR) is 134 cm³/mol. The van der Waals surface area contributed by atoms with E-state index < -0.39 is 5.91 Å². The molecule has 2 heterocycles.